The molecule has 5 aliphatic carbocycles. The number of epoxide rings is 1. The van der Waals surface area contributed by atoms with E-state index in [-0.39, 0.29) is 28.5 Å². The summed E-state index contributed by atoms with van der Waals surface area (Å²) in [5.41, 5.74) is 3.19. The highest BCUT2D eigenvalue weighted by molar-refractivity contribution is 5.66. The molecule has 1 aliphatic heterocycles. The molecule has 1 heterocycles. The summed E-state index contributed by atoms with van der Waals surface area (Å²) < 4.78 is 12.5. The first-order chi connectivity index (χ1) is 16.2. The molecule has 0 aromatic rings. The van der Waals surface area contributed by atoms with Crippen molar-refractivity contribution in [2.45, 2.75) is 131 Å². The van der Waals surface area contributed by atoms with Gasteiger partial charge in [-0.25, -0.2) is 0 Å². The lowest BCUT2D eigenvalue weighted by Crippen LogP contribution is -2.64. The summed E-state index contributed by atoms with van der Waals surface area (Å²) in [6, 6.07) is 0. The number of esters is 1. The van der Waals surface area contributed by atoms with Gasteiger partial charge in [-0.05, 0) is 90.8 Å². The van der Waals surface area contributed by atoms with Gasteiger partial charge < -0.3 is 9.47 Å². The standard InChI is InChI=1S/C32H50O3/c1-19(2)32-25(35-32)18-28(6)16-17-30(8)21(26(28)32)10-11-23-29(7)14-13-24(34-20(3)33)27(4,5)22(29)12-15-31(23,30)9/h10,19,22-26H,11-18H2,1-9H3/t22-,23+,24-,25-,26+,28-,29-,30+,31+,32-/m0/s1. The summed E-state index contributed by atoms with van der Waals surface area (Å²) >= 11 is 0. The quantitative estimate of drug-likeness (QED) is 0.230. The van der Waals surface area contributed by atoms with Crippen LogP contribution in [0.25, 0.3) is 0 Å². The van der Waals surface area contributed by atoms with Gasteiger partial charge in [0, 0.05) is 18.3 Å². The van der Waals surface area contributed by atoms with Crippen LogP contribution in [-0.4, -0.2) is 23.8 Å². The second-order valence-electron chi connectivity index (χ2n) is 15.7. The van der Waals surface area contributed by atoms with Gasteiger partial charge in [-0.2, -0.15) is 0 Å². The van der Waals surface area contributed by atoms with Crippen molar-refractivity contribution in [3.8, 4) is 0 Å². The van der Waals surface area contributed by atoms with E-state index in [9.17, 15) is 4.79 Å². The second kappa shape index (κ2) is 6.97. The summed E-state index contributed by atoms with van der Waals surface area (Å²) in [4.78, 5) is 11.9. The number of hydrogen-bond acceptors (Lipinski definition) is 3. The van der Waals surface area contributed by atoms with Gasteiger partial charge >= 0.3 is 5.97 Å². The van der Waals surface area contributed by atoms with Crippen LogP contribution in [0.1, 0.15) is 114 Å². The van der Waals surface area contributed by atoms with Crippen molar-refractivity contribution in [2.75, 3.05) is 0 Å². The zero-order valence-electron chi connectivity index (χ0n) is 23.9. The predicted octanol–water partition coefficient (Wildman–Crippen LogP) is 7.73. The first-order valence-corrected chi connectivity index (χ1v) is 14.7. The van der Waals surface area contributed by atoms with E-state index in [0.29, 0.717) is 46.0 Å². The van der Waals surface area contributed by atoms with Crippen molar-refractivity contribution in [3.63, 3.8) is 0 Å². The number of carbonyl (C=O) groups is 1. The van der Waals surface area contributed by atoms with Gasteiger partial charge in [0.25, 0.3) is 0 Å². The van der Waals surface area contributed by atoms with Crippen LogP contribution in [0.5, 0.6) is 0 Å². The summed E-state index contributed by atoms with van der Waals surface area (Å²) in [5.74, 6) is 2.35. The smallest absolute Gasteiger partial charge is 0.302 e. The molecule has 10 atom stereocenters. The molecule has 0 unspecified atom stereocenters. The Hall–Kier alpha value is -0.830. The number of hydrogen-bond donors (Lipinski definition) is 0. The molecule has 5 fully saturated rings. The number of fused-ring (bicyclic) bond motifs is 9. The first-order valence-electron chi connectivity index (χ1n) is 14.7. The molecule has 0 aromatic heterocycles. The van der Waals surface area contributed by atoms with Crippen molar-refractivity contribution in [1.29, 1.82) is 0 Å². The molecule has 0 spiro atoms. The topological polar surface area (TPSA) is 38.8 Å². The molecule has 3 nitrogen and oxygen atoms in total. The largest absolute Gasteiger partial charge is 0.462 e. The predicted molar refractivity (Wildman–Crippen MR) is 140 cm³/mol. The van der Waals surface area contributed by atoms with E-state index in [0.717, 1.165) is 6.42 Å². The summed E-state index contributed by atoms with van der Waals surface area (Å²) in [6.07, 6.45) is 13.2. The number of rotatable bonds is 2. The maximum atomic E-state index is 11.9. The molecule has 35 heavy (non-hydrogen) atoms. The van der Waals surface area contributed by atoms with Crippen LogP contribution < -0.4 is 0 Å². The van der Waals surface area contributed by atoms with Crippen LogP contribution in [-0.2, 0) is 14.3 Å². The zero-order valence-corrected chi connectivity index (χ0v) is 23.9. The van der Waals surface area contributed by atoms with E-state index in [1.165, 1.54) is 44.9 Å². The minimum Gasteiger partial charge on any atom is -0.462 e. The molecule has 0 aromatic carbocycles. The minimum atomic E-state index is -0.119. The monoisotopic (exact) mass is 482 g/mol. The Morgan fingerprint density at radius 2 is 1.71 bits per heavy atom. The van der Waals surface area contributed by atoms with Gasteiger partial charge in [0.2, 0.25) is 0 Å². The lowest BCUT2D eigenvalue weighted by molar-refractivity contribution is -0.211. The highest BCUT2D eigenvalue weighted by Crippen LogP contribution is 2.79. The molecule has 196 valence electrons. The molecule has 3 heteroatoms. The van der Waals surface area contributed by atoms with Crippen LogP contribution in [0.4, 0.5) is 0 Å². The summed E-state index contributed by atoms with van der Waals surface area (Å²) in [6.45, 7) is 21.7. The molecule has 4 saturated carbocycles. The van der Waals surface area contributed by atoms with E-state index in [2.05, 4.69) is 61.5 Å². The van der Waals surface area contributed by atoms with Crippen LogP contribution in [0.2, 0.25) is 0 Å². The molecule has 0 bridgehead atoms. The van der Waals surface area contributed by atoms with E-state index in [1.807, 2.05) is 0 Å². The van der Waals surface area contributed by atoms with Crippen LogP contribution in [0.15, 0.2) is 11.6 Å². The normalized spacial score (nSPS) is 55.6. The average Bonchev–Trinajstić information content (AvgIpc) is 3.38. The van der Waals surface area contributed by atoms with Crippen LogP contribution >= 0.6 is 0 Å². The Morgan fingerprint density at radius 3 is 2.37 bits per heavy atom. The van der Waals surface area contributed by atoms with Crippen LogP contribution in [0, 0.1) is 50.7 Å². The van der Waals surface area contributed by atoms with E-state index < -0.39 is 0 Å². The van der Waals surface area contributed by atoms with Gasteiger partial charge in [0.1, 0.15) is 11.7 Å². The Labute approximate surface area is 214 Å². The highest BCUT2D eigenvalue weighted by atomic mass is 16.6. The SMILES string of the molecule is CC(=O)O[C@H]1CC[C@]2(C)[C@H]3CC=C4[C@@H]5[C@@](C)(CC[C@@]4(C)[C@]3(C)CC[C@H]2C1(C)C)C[C@@H]1O[C@@]15C(C)C. The van der Waals surface area contributed by atoms with E-state index >= 15 is 0 Å². The molecular formula is C32H50O3. The highest BCUT2D eigenvalue weighted by Gasteiger charge is 2.78. The van der Waals surface area contributed by atoms with Crippen molar-refractivity contribution in [1.82, 2.24) is 0 Å². The molecular weight excluding hydrogens is 432 g/mol. The summed E-state index contributed by atoms with van der Waals surface area (Å²) in [5, 5.41) is 0. The maximum absolute atomic E-state index is 11.9. The van der Waals surface area contributed by atoms with Crippen LogP contribution in [0.3, 0.4) is 0 Å². The third-order valence-electron chi connectivity index (χ3n) is 13.8. The summed E-state index contributed by atoms with van der Waals surface area (Å²) in [7, 11) is 0. The fourth-order valence-corrected chi connectivity index (χ4v) is 11.8. The molecule has 1 saturated heterocycles. The van der Waals surface area contributed by atoms with Gasteiger partial charge in [-0.3, -0.25) is 4.79 Å². The van der Waals surface area contributed by atoms with Gasteiger partial charge in [-0.15, -0.1) is 0 Å². The fourth-order valence-electron chi connectivity index (χ4n) is 11.8. The lowest BCUT2D eigenvalue weighted by Gasteiger charge is -2.70. The Balaban J connectivity index is 1.40. The van der Waals surface area contributed by atoms with E-state index in [1.54, 1.807) is 12.5 Å². The number of ether oxygens (including phenoxy) is 2. The van der Waals surface area contributed by atoms with E-state index in [4.69, 9.17) is 9.47 Å². The molecule has 0 N–H and O–H groups in total. The fraction of sp³-hybridized carbons (Fsp3) is 0.906. The minimum absolute atomic E-state index is 0.0261. The zero-order chi connectivity index (χ0) is 25.4. The molecule has 6 aliphatic rings. The third kappa shape index (κ3) is 2.75. The van der Waals surface area contributed by atoms with Gasteiger partial charge in [-0.1, -0.05) is 67.0 Å². The van der Waals surface area contributed by atoms with Crippen molar-refractivity contribution >= 4 is 5.97 Å². The van der Waals surface area contributed by atoms with Crippen molar-refractivity contribution in [2.24, 2.45) is 50.7 Å². The second-order valence-corrected chi connectivity index (χ2v) is 15.7. The molecule has 0 radical (unpaired) electrons. The Kier molecular flexibility index (Phi) is 4.88. The maximum Gasteiger partial charge on any atom is 0.302 e. The van der Waals surface area contributed by atoms with Gasteiger partial charge in [0.05, 0.1) is 6.10 Å². The van der Waals surface area contributed by atoms with Gasteiger partial charge in [0.15, 0.2) is 0 Å². The Bertz CT molecular complexity index is 979. The third-order valence-corrected chi connectivity index (χ3v) is 13.8. The lowest BCUT2D eigenvalue weighted by atomic mass is 9.34. The average molecular weight is 483 g/mol. The molecule has 6 rings (SSSR count). The Morgan fingerprint density at radius 1 is 1.00 bits per heavy atom. The van der Waals surface area contributed by atoms with Crippen molar-refractivity contribution in [3.05, 3.63) is 11.6 Å². The first kappa shape index (κ1) is 24.5. The molecule has 0 amide bonds. The number of carbonyl (C=O) groups excluding carboxylic acids is 1. The van der Waals surface area contributed by atoms with Crippen molar-refractivity contribution < 1.29 is 14.3 Å². The number of allylic oxidation sites excluding steroid dienone is 1.